The molecule has 1 aromatic rings. The number of nitrogens with zero attached hydrogens (tertiary/aromatic N) is 1. The Morgan fingerprint density at radius 2 is 1.86 bits per heavy atom. The van der Waals surface area contributed by atoms with Crippen LogP contribution in [0.4, 0.5) is 13.6 Å². The number of hydrogen-bond donors (Lipinski definition) is 1. The molecule has 2 amide bonds. The van der Waals surface area contributed by atoms with Crippen LogP contribution in [0.15, 0.2) is 30.3 Å². The maximum atomic E-state index is 14.4. The summed E-state index contributed by atoms with van der Waals surface area (Å²) in [5.41, 5.74) is -0.0294. The van der Waals surface area contributed by atoms with Crippen molar-refractivity contribution in [1.29, 1.82) is 0 Å². The van der Waals surface area contributed by atoms with Crippen LogP contribution in [0.25, 0.3) is 0 Å². The fraction of sp³-hybridized carbons (Fsp3) is 0.600. The molecular weight excluding hydrogens is 370 g/mol. The fourth-order valence-electron chi connectivity index (χ4n) is 2.99. The van der Waals surface area contributed by atoms with Crippen LogP contribution in [0.3, 0.4) is 0 Å². The van der Waals surface area contributed by atoms with Crippen LogP contribution in [0.5, 0.6) is 0 Å². The van der Waals surface area contributed by atoms with Gasteiger partial charge in [0.05, 0.1) is 6.04 Å². The lowest BCUT2D eigenvalue weighted by atomic mass is 9.87. The Hall–Kier alpha value is -2.22. The molecule has 0 aromatic heterocycles. The number of alkyl carbamates (subject to hydrolysis) is 1. The number of β-lactam (4-membered cyclic amide) rings is 1. The van der Waals surface area contributed by atoms with E-state index in [1.54, 1.807) is 45.0 Å². The summed E-state index contributed by atoms with van der Waals surface area (Å²) in [6.45, 7) is 8.71. The second kappa shape index (κ2) is 8.43. The number of benzene rings is 1. The molecule has 156 valence electrons. The molecule has 1 aliphatic heterocycles. The highest BCUT2D eigenvalue weighted by atomic mass is 19.3. The summed E-state index contributed by atoms with van der Waals surface area (Å²) in [6.07, 6.45) is -0.575. The minimum Gasteiger partial charge on any atom is -0.444 e. The molecule has 2 rings (SSSR count). The molecule has 2 atom stereocenters. The zero-order valence-electron chi connectivity index (χ0n) is 16.9. The van der Waals surface area contributed by atoms with Gasteiger partial charge < -0.3 is 10.1 Å². The normalized spacial score (nSPS) is 19.9. The van der Waals surface area contributed by atoms with Gasteiger partial charge in [0.1, 0.15) is 12.2 Å². The molecule has 1 heterocycles. The van der Waals surface area contributed by atoms with Gasteiger partial charge in [-0.05, 0) is 38.7 Å². The Morgan fingerprint density at radius 3 is 2.39 bits per heavy atom. The number of halogens is 2. The molecule has 0 radical (unpaired) electrons. The van der Waals surface area contributed by atoms with E-state index in [0.717, 1.165) is 5.56 Å². The molecule has 0 bridgehead atoms. The predicted octanol–water partition coefficient (Wildman–Crippen LogP) is 3.90. The number of hydroxylamine groups is 2. The van der Waals surface area contributed by atoms with E-state index in [1.165, 1.54) is 0 Å². The lowest BCUT2D eigenvalue weighted by Gasteiger charge is -2.48. The van der Waals surface area contributed by atoms with Gasteiger partial charge in [0.2, 0.25) is 0 Å². The maximum Gasteiger partial charge on any atom is 0.407 e. The van der Waals surface area contributed by atoms with Crippen LogP contribution in [0.1, 0.15) is 46.6 Å². The van der Waals surface area contributed by atoms with Crippen molar-refractivity contribution in [2.75, 3.05) is 0 Å². The van der Waals surface area contributed by atoms with Gasteiger partial charge in [0, 0.05) is 0 Å². The number of nitrogens with one attached hydrogen (secondary N) is 1. The third-order valence-electron chi connectivity index (χ3n) is 4.13. The highest BCUT2D eigenvalue weighted by Gasteiger charge is 2.67. The van der Waals surface area contributed by atoms with Crippen molar-refractivity contribution in [1.82, 2.24) is 10.4 Å². The smallest absolute Gasteiger partial charge is 0.407 e. The van der Waals surface area contributed by atoms with Gasteiger partial charge in [-0.3, -0.25) is 9.63 Å². The van der Waals surface area contributed by atoms with Crippen LogP contribution >= 0.6 is 0 Å². The van der Waals surface area contributed by atoms with Gasteiger partial charge in [0.25, 0.3) is 0 Å². The standard InChI is InChI=1S/C20H28F2N2O4/c1-13(2)11-15(23-18(26)28-19(3,4)5)16-20(21,22)17(25)24(16)27-12-14-9-7-6-8-10-14/h6-10,13,15-16H,11-12H2,1-5H3,(H,23,26)/t15-,16?/m0/s1. The van der Waals surface area contributed by atoms with Crippen LogP contribution in [0.2, 0.25) is 0 Å². The number of ether oxygens (including phenoxy) is 1. The maximum absolute atomic E-state index is 14.4. The molecule has 8 heteroatoms. The zero-order valence-corrected chi connectivity index (χ0v) is 16.9. The highest BCUT2D eigenvalue weighted by molar-refractivity contribution is 5.90. The predicted molar refractivity (Wildman–Crippen MR) is 99.4 cm³/mol. The van der Waals surface area contributed by atoms with Gasteiger partial charge >= 0.3 is 17.9 Å². The van der Waals surface area contributed by atoms with E-state index in [2.05, 4.69) is 5.32 Å². The van der Waals surface area contributed by atoms with E-state index in [-0.39, 0.29) is 18.9 Å². The second-order valence-corrected chi connectivity index (χ2v) is 8.34. The molecule has 1 N–H and O–H groups in total. The summed E-state index contributed by atoms with van der Waals surface area (Å²) < 4.78 is 34.0. The number of carbonyl (C=O) groups excluding carboxylic acids is 2. The average molecular weight is 398 g/mol. The van der Waals surface area contributed by atoms with Gasteiger partial charge in [0.15, 0.2) is 6.04 Å². The summed E-state index contributed by atoms with van der Waals surface area (Å²) >= 11 is 0. The van der Waals surface area contributed by atoms with E-state index < -0.39 is 35.6 Å². The number of amides is 2. The van der Waals surface area contributed by atoms with Crippen molar-refractivity contribution < 1.29 is 27.9 Å². The highest BCUT2D eigenvalue weighted by Crippen LogP contribution is 2.40. The van der Waals surface area contributed by atoms with Crippen molar-refractivity contribution in [3.63, 3.8) is 0 Å². The van der Waals surface area contributed by atoms with Crippen molar-refractivity contribution in [2.45, 2.75) is 71.3 Å². The van der Waals surface area contributed by atoms with Gasteiger partial charge in [-0.1, -0.05) is 44.2 Å². The third kappa shape index (κ3) is 5.41. The molecule has 0 aliphatic carbocycles. The van der Waals surface area contributed by atoms with Crippen LogP contribution in [-0.2, 0) is 21.0 Å². The van der Waals surface area contributed by atoms with E-state index in [1.807, 2.05) is 19.9 Å². The Labute approximate surface area is 164 Å². The van der Waals surface area contributed by atoms with E-state index in [9.17, 15) is 18.4 Å². The van der Waals surface area contributed by atoms with E-state index in [0.29, 0.717) is 5.06 Å². The van der Waals surface area contributed by atoms with Gasteiger partial charge in [-0.25, -0.2) is 9.86 Å². The Morgan fingerprint density at radius 1 is 1.25 bits per heavy atom. The van der Waals surface area contributed by atoms with Gasteiger partial charge in [-0.2, -0.15) is 8.78 Å². The molecule has 1 aliphatic rings. The summed E-state index contributed by atoms with van der Waals surface area (Å²) in [6, 6.07) is 6.31. The molecule has 28 heavy (non-hydrogen) atoms. The molecule has 1 aromatic carbocycles. The van der Waals surface area contributed by atoms with Crippen LogP contribution in [0, 0.1) is 5.92 Å². The van der Waals surface area contributed by atoms with Crippen molar-refractivity contribution in [3.8, 4) is 0 Å². The number of alkyl halides is 2. The Balaban J connectivity index is 2.14. The van der Waals surface area contributed by atoms with E-state index in [4.69, 9.17) is 9.57 Å². The van der Waals surface area contributed by atoms with Crippen LogP contribution < -0.4 is 5.32 Å². The second-order valence-electron chi connectivity index (χ2n) is 8.34. The Bertz CT molecular complexity index is 689. The summed E-state index contributed by atoms with van der Waals surface area (Å²) in [7, 11) is 0. The first-order chi connectivity index (χ1) is 12.9. The van der Waals surface area contributed by atoms with Crippen molar-refractivity contribution in [2.24, 2.45) is 5.92 Å². The molecule has 0 spiro atoms. The summed E-state index contributed by atoms with van der Waals surface area (Å²) in [5, 5.41) is 3.17. The first-order valence-electron chi connectivity index (χ1n) is 9.29. The number of hydrogen-bond acceptors (Lipinski definition) is 4. The average Bonchev–Trinajstić information content (AvgIpc) is 2.56. The van der Waals surface area contributed by atoms with Gasteiger partial charge in [-0.15, -0.1) is 0 Å². The van der Waals surface area contributed by atoms with Crippen LogP contribution in [-0.4, -0.2) is 40.7 Å². The molecule has 0 saturated carbocycles. The number of rotatable bonds is 7. The zero-order chi connectivity index (χ0) is 21.1. The monoisotopic (exact) mass is 398 g/mol. The number of carbonyl (C=O) groups is 2. The lowest BCUT2D eigenvalue weighted by Crippen LogP contribution is -2.75. The SMILES string of the molecule is CC(C)C[C@H](NC(=O)OC(C)(C)C)C1N(OCc2ccccc2)C(=O)C1(F)F. The topological polar surface area (TPSA) is 67.9 Å². The molecule has 1 saturated heterocycles. The first-order valence-corrected chi connectivity index (χ1v) is 9.29. The first kappa shape index (κ1) is 22.1. The lowest BCUT2D eigenvalue weighted by molar-refractivity contribution is -0.301. The molecule has 6 nitrogen and oxygen atoms in total. The minimum atomic E-state index is -3.62. The van der Waals surface area contributed by atoms with Crippen molar-refractivity contribution in [3.05, 3.63) is 35.9 Å². The largest absolute Gasteiger partial charge is 0.444 e. The summed E-state index contributed by atoms with van der Waals surface area (Å²) in [4.78, 5) is 29.5. The quantitative estimate of drug-likeness (QED) is 0.708. The minimum absolute atomic E-state index is 0.00223. The third-order valence-corrected chi connectivity index (χ3v) is 4.13. The fourth-order valence-corrected chi connectivity index (χ4v) is 2.99. The molecule has 1 fully saturated rings. The Kier molecular flexibility index (Phi) is 6.64. The van der Waals surface area contributed by atoms with E-state index >= 15 is 0 Å². The van der Waals surface area contributed by atoms with Crippen molar-refractivity contribution >= 4 is 12.0 Å². The summed E-state index contributed by atoms with van der Waals surface area (Å²) in [5.74, 6) is -5.03. The molecular formula is C20H28F2N2O4. The molecule has 1 unspecified atom stereocenters.